The summed E-state index contributed by atoms with van der Waals surface area (Å²) in [5, 5.41) is 2.91. The number of hydrogen-bond donors (Lipinski definition) is 2. The van der Waals surface area contributed by atoms with Crippen LogP contribution in [0.15, 0.2) is 54.6 Å². The highest BCUT2D eigenvalue weighted by Gasteiger charge is 2.31. The molecule has 3 rings (SSSR count). The summed E-state index contributed by atoms with van der Waals surface area (Å²) in [6.45, 7) is 3.40. The number of ether oxygens (including phenoxy) is 2. The van der Waals surface area contributed by atoms with Crippen LogP contribution < -0.4 is 11.1 Å². The standard InChI is InChI=1S/C26H35N3O4/c27-13-16-32-18-19-33-17-14-28-26(31)24-8-4-5-15-29(24)25(30)20-21-9-11-23(12-10-21)22-6-2-1-3-7-22/h1-3,6-7,9-12,24H,4-5,8,13-20,27H2,(H,28,31). The van der Waals surface area contributed by atoms with Gasteiger partial charge >= 0.3 is 0 Å². The van der Waals surface area contributed by atoms with Crippen molar-refractivity contribution in [2.75, 3.05) is 46.1 Å². The molecule has 33 heavy (non-hydrogen) atoms. The van der Waals surface area contributed by atoms with Gasteiger partial charge in [-0.1, -0.05) is 54.6 Å². The van der Waals surface area contributed by atoms with E-state index < -0.39 is 6.04 Å². The Kier molecular flexibility index (Phi) is 10.4. The summed E-state index contributed by atoms with van der Waals surface area (Å²) in [6, 6.07) is 17.8. The molecule has 7 nitrogen and oxygen atoms in total. The molecule has 1 heterocycles. The Morgan fingerprint density at radius 2 is 1.61 bits per heavy atom. The molecule has 1 fully saturated rings. The van der Waals surface area contributed by atoms with E-state index in [0.29, 0.717) is 58.9 Å². The number of amides is 2. The zero-order valence-electron chi connectivity index (χ0n) is 19.2. The second kappa shape index (κ2) is 13.7. The Hall–Kier alpha value is -2.74. The fourth-order valence-electron chi connectivity index (χ4n) is 3.99. The van der Waals surface area contributed by atoms with E-state index in [4.69, 9.17) is 15.2 Å². The third kappa shape index (κ3) is 7.96. The minimum atomic E-state index is -0.414. The summed E-state index contributed by atoms with van der Waals surface area (Å²) in [5.41, 5.74) is 8.58. The third-order valence-corrected chi connectivity index (χ3v) is 5.72. The zero-order valence-corrected chi connectivity index (χ0v) is 19.2. The summed E-state index contributed by atoms with van der Waals surface area (Å²) in [7, 11) is 0. The van der Waals surface area contributed by atoms with Crippen LogP contribution in [0.1, 0.15) is 24.8 Å². The Morgan fingerprint density at radius 1 is 0.909 bits per heavy atom. The van der Waals surface area contributed by atoms with Crippen LogP contribution in [-0.4, -0.2) is 68.8 Å². The molecule has 1 saturated heterocycles. The topological polar surface area (TPSA) is 93.9 Å². The van der Waals surface area contributed by atoms with Crippen molar-refractivity contribution in [1.82, 2.24) is 10.2 Å². The van der Waals surface area contributed by atoms with Crippen LogP contribution >= 0.6 is 0 Å². The monoisotopic (exact) mass is 453 g/mol. The fourth-order valence-corrected chi connectivity index (χ4v) is 3.99. The molecule has 1 aliphatic heterocycles. The van der Waals surface area contributed by atoms with Crippen molar-refractivity contribution < 1.29 is 19.1 Å². The Labute approximate surface area is 196 Å². The average molecular weight is 454 g/mol. The summed E-state index contributed by atoms with van der Waals surface area (Å²) in [6.07, 6.45) is 2.86. The van der Waals surface area contributed by atoms with Gasteiger partial charge in [0, 0.05) is 19.6 Å². The quantitative estimate of drug-likeness (QED) is 0.481. The van der Waals surface area contributed by atoms with E-state index in [1.807, 2.05) is 42.5 Å². The minimum Gasteiger partial charge on any atom is -0.378 e. The molecule has 0 aromatic heterocycles. The Bertz CT molecular complexity index is 858. The highest BCUT2D eigenvalue weighted by Crippen LogP contribution is 2.21. The maximum Gasteiger partial charge on any atom is 0.242 e. The molecule has 0 radical (unpaired) electrons. The van der Waals surface area contributed by atoms with Gasteiger partial charge < -0.3 is 25.4 Å². The lowest BCUT2D eigenvalue weighted by Gasteiger charge is -2.35. The van der Waals surface area contributed by atoms with Crippen LogP contribution in [0.3, 0.4) is 0 Å². The van der Waals surface area contributed by atoms with E-state index >= 15 is 0 Å². The van der Waals surface area contributed by atoms with Crippen LogP contribution in [0.2, 0.25) is 0 Å². The van der Waals surface area contributed by atoms with E-state index in [1.165, 1.54) is 0 Å². The van der Waals surface area contributed by atoms with E-state index in [0.717, 1.165) is 29.5 Å². The smallest absolute Gasteiger partial charge is 0.242 e. The molecule has 0 bridgehead atoms. The van der Waals surface area contributed by atoms with Crippen molar-refractivity contribution in [3.05, 3.63) is 60.2 Å². The molecule has 2 aromatic rings. The van der Waals surface area contributed by atoms with Crippen LogP contribution in [0, 0.1) is 0 Å². The highest BCUT2D eigenvalue weighted by molar-refractivity contribution is 5.88. The number of nitrogens with zero attached hydrogens (tertiary/aromatic N) is 1. The number of hydrogen-bond acceptors (Lipinski definition) is 5. The average Bonchev–Trinajstić information content (AvgIpc) is 2.86. The molecule has 0 spiro atoms. The van der Waals surface area contributed by atoms with Gasteiger partial charge in [-0.3, -0.25) is 9.59 Å². The molecule has 178 valence electrons. The van der Waals surface area contributed by atoms with Crippen molar-refractivity contribution >= 4 is 11.8 Å². The predicted octanol–water partition coefficient (Wildman–Crippen LogP) is 2.39. The van der Waals surface area contributed by atoms with Crippen LogP contribution in [-0.2, 0) is 25.5 Å². The molecule has 3 N–H and O–H groups in total. The van der Waals surface area contributed by atoms with Gasteiger partial charge in [-0.25, -0.2) is 0 Å². The molecule has 0 aliphatic carbocycles. The first-order valence-corrected chi connectivity index (χ1v) is 11.8. The maximum atomic E-state index is 13.0. The third-order valence-electron chi connectivity index (χ3n) is 5.72. The van der Waals surface area contributed by atoms with Crippen LogP contribution in [0.5, 0.6) is 0 Å². The molecular weight excluding hydrogens is 418 g/mol. The van der Waals surface area contributed by atoms with Crippen LogP contribution in [0.4, 0.5) is 0 Å². The molecule has 1 atom stereocenters. The number of carbonyl (C=O) groups is 2. The first kappa shape index (κ1) is 24.9. The lowest BCUT2D eigenvalue weighted by molar-refractivity contribution is -0.141. The largest absolute Gasteiger partial charge is 0.378 e. The van der Waals surface area contributed by atoms with Gasteiger partial charge in [0.2, 0.25) is 11.8 Å². The van der Waals surface area contributed by atoms with Gasteiger partial charge in [-0.2, -0.15) is 0 Å². The number of nitrogens with two attached hydrogens (primary N) is 1. The summed E-state index contributed by atoms with van der Waals surface area (Å²) in [5.74, 6) is -0.110. The minimum absolute atomic E-state index is 0.00406. The van der Waals surface area contributed by atoms with Gasteiger partial charge in [-0.05, 0) is 36.0 Å². The van der Waals surface area contributed by atoms with Crippen molar-refractivity contribution in [1.29, 1.82) is 0 Å². The molecule has 1 unspecified atom stereocenters. The van der Waals surface area contributed by atoms with Gasteiger partial charge in [0.15, 0.2) is 0 Å². The molecular formula is C26H35N3O4. The highest BCUT2D eigenvalue weighted by atomic mass is 16.5. The number of piperidine rings is 1. The normalized spacial score (nSPS) is 15.9. The second-order valence-corrected chi connectivity index (χ2v) is 8.14. The van der Waals surface area contributed by atoms with E-state index in [2.05, 4.69) is 17.4 Å². The van der Waals surface area contributed by atoms with Gasteiger partial charge in [0.25, 0.3) is 0 Å². The Morgan fingerprint density at radius 3 is 2.33 bits per heavy atom. The van der Waals surface area contributed by atoms with E-state index in [9.17, 15) is 9.59 Å². The summed E-state index contributed by atoms with van der Waals surface area (Å²) >= 11 is 0. The lowest BCUT2D eigenvalue weighted by atomic mass is 9.99. The second-order valence-electron chi connectivity index (χ2n) is 8.14. The van der Waals surface area contributed by atoms with Gasteiger partial charge in [-0.15, -0.1) is 0 Å². The van der Waals surface area contributed by atoms with Gasteiger partial charge in [0.1, 0.15) is 6.04 Å². The molecule has 2 amide bonds. The first-order chi connectivity index (χ1) is 16.2. The number of carbonyl (C=O) groups excluding carboxylic acids is 2. The SMILES string of the molecule is NCCOCCOCCNC(=O)C1CCCCN1C(=O)Cc1ccc(-c2ccccc2)cc1. The number of nitrogens with one attached hydrogen (secondary N) is 1. The summed E-state index contributed by atoms with van der Waals surface area (Å²) < 4.78 is 10.7. The molecule has 1 aliphatic rings. The van der Waals surface area contributed by atoms with Crippen molar-refractivity contribution in [3.8, 4) is 11.1 Å². The molecule has 2 aromatic carbocycles. The van der Waals surface area contributed by atoms with E-state index in [-0.39, 0.29) is 11.8 Å². The fraction of sp³-hybridized carbons (Fsp3) is 0.462. The first-order valence-electron chi connectivity index (χ1n) is 11.8. The van der Waals surface area contributed by atoms with Crippen molar-refractivity contribution in [2.24, 2.45) is 5.73 Å². The van der Waals surface area contributed by atoms with Crippen molar-refractivity contribution in [2.45, 2.75) is 31.7 Å². The zero-order chi connectivity index (χ0) is 23.3. The lowest BCUT2D eigenvalue weighted by Crippen LogP contribution is -2.52. The summed E-state index contributed by atoms with van der Waals surface area (Å²) in [4.78, 5) is 27.5. The predicted molar refractivity (Wildman–Crippen MR) is 129 cm³/mol. The number of benzene rings is 2. The Balaban J connectivity index is 1.46. The van der Waals surface area contributed by atoms with E-state index in [1.54, 1.807) is 4.90 Å². The van der Waals surface area contributed by atoms with Gasteiger partial charge in [0.05, 0.1) is 32.8 Å². The maximum absolute atomic E-state index is 13.0. The van der Waals surface area contributed by atoms with Crippen LogP contribution in [0.25, 0.3) is 11.1 Å². The number of rotatable bonds is 12. The number of likely N-dealkylation sites (tertiary alicyclic amines) is 1. The molecule has 0 saturated carbocycles. The van der Waals surface area contributed by atoms with Crippen molar-refractivity contribution in [3.63, 3.8) is 0 Å². The molecule has 7 heteroatoms.